The summed E-state index contributed by atoms with van der Waals surface area (Å²) in [5, 5.41) is 0.0225. The first-order valence-corrected chi connectivity index (χ1v) is 11.6. The Kier molecular flexibility index (Phi) is 6.96. The number of nitrogens with zero attached hydrogens (tertiary/aromatic N) is 3. The van der Waals surface area contributed by atoms with Gasteiger partial charge in [0.05, 0.1) is 36.0 Å². The molecule has 0 aliphatic carbocycles. The third kappa shape index (κ3) is 5.59. The van der Waals surface area contributed by atoms with Crippen LogP contribution in [0.25, 0.3) is 5.69 Å². The molecule has 0 bridgehead atoms. The number of likely N-dealkylation sites (tertiary alicyclic amines) is 1. The second-order valence-corrected chi connectivity index (χ2v) is 9.92. The molecule has 0 unspecified atom stereocenters. The molecule has 1 aliphatic rings. The quantitative estimate of drug-likeness (QED) is 0.429. The van der Waals surface area contributed by atoms with Crippen molar-refractivity contribution in [2.45, 2.75) is 58.5 Å². The van der Waals surface area contributed by atoms with Crippen LogP contribution in [0, 0.1) is 12.7 Å². The molecule has 4 rings (SSSR count). The predicted octanol–water partition coefficient (Wildman–Crippen LogP) is 6.24. The van der Waals surface area contributed by atoms with E-state index in [0.717, 1.165) is 11.3 Å². The van der Waals surface area contributed by atoms with Gasteiger partial charge in [-0.05, 0) is 51.5 Å². The van der Waals surface area contributed by atoms with Gasteiger partial charge in [0, 0.05) is 18.3 Å². The number of ether oxygens (including phenoxy) is 2. The van der Waals surface area contributed by atoms with Crippen molar-refractivity contribution in [1.29, 1.82) is 0 Å². The van der Waals surface area contributed by atoms with E-state index in [0.29, 0.717) is 31.1 Å². The van der Waals surface area contributed by atoms with Crippen LogP contribution in [0.1, 0.15) is 50.3 Å². The molecule has 1 saturated heterocycles. The van der Waals surface area contributed by atoms with E-state index in [9.17, 15) is 9.18 Å². The summed E-state index contributed by atoms with van der Waals surface area (Å²) in [6, 6.07) is 14.0. The lowest BCUT2D eigenvalue weighted by Crippen LogP contribution is -2.38. The number of halogens is 2. The van der Waals surface area contributed by atoms with E-state index in [4.69, 9.17) is 26.1 Å². The van der Waals surface area contributed by atoms with Gasteiger partial charge in [0.2, 0.25) is 0 Å². The second kappa shape index (κ2) is 9.76. The highest BCUT2D eigenvalue weighted by molar-refractivity contribution is 6.30. The number of rotatable bonds is 5. The van der Waals surface area contributed by atoms with Crippen molar-refractivity contribution in [3.63, 3.8) is 0 Å². The fourth-order valence-corrected chi connectivity index (χ4v) is 4.24. The summed E-state index contributed by atoms with van der Waals surface area (Å²) in [4.78, 5) is 19.6. The van der Waals surface area contributed by atoms with Gasteiger partial charge >= 0.3 is 6.09 Å². The Bertz CT molecular complexity index is 1160. The minimum Gasteiger partial charge on any atom is -0.444 e. The van der Waals surface area contributed by atoms with Crippen molar-refractivity contribution in [2.75, 3.05) is 6.54 Å². The third-order valence-electron chi connectivity index (χ3n) is 5.55. The monoisotopic (exact) mass is 485 g/mol. The molecule has 1 fully saturated rings. The molecule has 180 valence electrons. The largest absolute Gasteiger partial charge is 0.444 e. The summed E-state index contributed by atoms with van der Waals surface area (Å²) < 4.78 is 27.5. The van der Waals surface area contributed by atoms with E-state index in [-0.39, 0.29) is 17.2 Å². The Morgan fingerprint density at radius 2 is 1.94 bits per heavy atom. The molecule has 0 N–H and O–H groups in total. The van der Waals surface area contributed by atoms with Gasteiger partial charge in [-0.2, -0.15) is 0 Å². The Morgan fingerprint density at radius 3 is 2.62 bits per heavy atom. The smallest absolute Gasteiger partial charge is 0.411 e. The first kappa shape index (κ1) is 24.2. The lowest BCUT2D eigenvalue weighted by Gasteiger charge is -2.28. The van der Waals surface area contributed by atoms with E-state index in [1.54, 1.807) is 17.0 Å². The molecule has 2 aromatic carbocycles. The van der Waals surface area contributed by atoms with Crippen molar-refractivity contribution >= 4 is 17.7 Å². The molecule has 1 aromatic heterocycles. The van der Waals surface area contributed by atoms with Crippen LogP contribution >= 0.6 is 11.6 Å². The van der Waals surface area contributed by atoms with Crippen LogP contribution in [0.2, 0.25) is 5.02 Å². The van der Waals surface area contributed by atoms with Crippen LogP contribution in [-0.2, 0) is 16.1 Å². The zero-order chi connectivity index (χ0) is 24.5. The predicted molar refractivity (Wildman–Crippen MR) is 129 cm³/mol. The van der Waals surface area contributed by atoms with Gasteiger partial charge in [0.25, 0.3) is 0 Å². The first-order chi connectivity index (χ1) is 16.1. The van der Waals surface area contributed by atoms with E-state index < -0.39 is 17.5 Å². The lowest BCUT2D eigenvalue weighted by atomic mass is 10.1. The highest BCUT2D eigenvalue weighted by Gasteiger charge is 2.41. The maximum atomic E-state index is 13.8. The van der Waals surface area contributed by atoms with Gasteiger partial charge in [0.1, 0.15) is 17.2 Å². The van der Waals surface area contributed by atoms with Crippen LogP contribution < -0.4 is 0 Å². The zero-order valence-corrected chi connectivity index (χ0v) is 20.6. The number of carbonyl (C=O) groups excluding carboxylic acids is 1. The minimum absolute atomic E-state index is 0.0225. The molecule has 8 heteroatoms. The van der Waals surface area contributed by atoms with Crippen molar-refractivity contribution < 1.29 is 18.7 Å². The normalized spacial score (nSPS) is 18.4. The molecule has 3 aromatic rings. The molecule has 2 atom stereocenters. The summed E-state index contributed by atoms with van der Waals surface area (Å²) >= 11 is 6.04. The van der Waals surface area contributed by atoms with E-state index in [1.807, 2.05) is 68.8 Å². The number of hydrogen-bond acceptors (Lipinski definition) is 4. The first-order valence-electron chi connectivity index (χ1n) is 11.3. The lowest BCUT2D eigenvalue weighted by molar-refractivity contribution is 0.0144. The highest BCUT2D eigenvalue weighted by atomic mass is 35.5. The number of hydrogen-bond donors (Lipinski definition) is 0. The van der Waals surface area contributed by atoms with Crippen LogP contribution in [0.4, 0.5) is 9.18 Å². The zero-order valence-electron chi connectivity index (χ0n) is 19.8. The van der Waals surface area contributed by atoms with Gasteiger partial charge in [-0.1, -0.05) is 41.9 Å². The van der Waals surface area contributed by atoms with Crippen molar-refractivity contribution in [3.05, 3.63) is 82.6 Å². The Balaban J connectivity index is 1.64. The van der Waals surface area contributed by atoms with E-state index in [2.05, 4.69) is 0 Å². The maximum Gasteiger partial charge on any atom is 0.411 e. The Morgan fingerprint density at radius 1 is 1.21 bits per heavy atom. The van der Waals surface area contributed by atoms with Gasteiger partial charge < -0.3 is 14.0 Å². The molecular weight excluding hydrogens is 457 g/mol. The van der Waals surface area contributed by atoms with Crippen LogP contribution in [0.5, 0.6) is 0 Å². The molecule has 2 heterocycles. The molecule has 1 aliphatic heterocycles. The fourth-order valence-electron chi connectivity index (χ4n) is 4.07. The number of imidazole rings is 1. The highest BCUT2D eigenvalue weighted by Crippen LogP contribution is 2.36. The topological polar surface area (TPSA) is 56.6 Å². The van der Waals surface area contributed by atoms with Gasteiger partial charge in [-0.25, -0.2) is 14.2 Å². The van der Waals surface area contributed by atoms with Crippen molar-refractivity contribution in [1.82, 2.24) is 14.5 Å². The number of aromatic nitrogens is 2. The number of carbonyl (C=O) groups is 1. The minimum atomic E-state index is -0.638. The molecule has 0 spiro atoms. The number of benzene rings is 2. The molecule has 6 nitrogen and oxygen atoms in total. The number of aryl methyl sites for hydroxylation is 1. The van der Waals surface area contributed by atoms with Crippen molar-refractivity contribution in [2.24, 2.45) is 0 Å². The number of amides is 1. The summed E-state index contributed by atoms with van der Waals surface area (Å²) in [6.45, 7) is 8.21. The molecular formula is C26H29ClFN3O3. The standard InChI is InChI=1S/C26H29ClFN3O3/c1-17-14-30(19-10-11-22(28)21(27)12-19)24(29-17)23-13-20(33-16-18-8-6-5-7-9-18)15-31(23)25(32)34-26(2,3)4/h5-12,14,20,23H,13,15-16H2,1-4H3/t20-,23-/m0/s1. The molecule has 34 heavy (non-hydrogen) atoms. The van der Waals surface area contributed by atoms with Gasteiger partial charge in [-0.15, -0.1) is 0 Å². The SMILES string of the molecule is Cc1cn(-c2ccc(F)c(Cl)c2)c([C@@H]2C[C@H](OCc3ccccc3)CN2C(=O)OC(C)(C)C)n1. The van der Waals surface area contributed by atoms with Crippen LogP contribution in [-0.4, -0.2) is 38.8 Å². The van der Waals surface area contributed by atoms with E-state index >= 15 is 0 Å². The second-order valence-electron chi connectivity index (χ2n) is 9.51. The fraction of sp³-hybridized carbons (Fsp3) is 0.385. The van der Waals surface area contributed by atoms with Gasteiger partial charge in [0.15, 0.2) is 0 Å². The average Bonchev–Trinajstić information content (AvgIpc) is 3.37. The van der Waals surface area contributed by atoms with Gasteiger partial charge in [-0.3, -0.25) is 4.90 Å². The summed E-state index contributed by atoms with van der Waals surface area (Å²) in [5.41, 5.74) is 1.86. The van der Waals surface area contributed by atoms with E-state index in [1.165, 1.54) is 6.07 Å². The average molecular weight is 486 g/mol. The summed E-state index contributed by atoms with van der Waals surface area (Å²) in [5.74, 6) is 0.159. The van der Waals surface area contributed by atoms with Crippen molar-refractivity contribution in [3.8, 4) is 5.69 Å². The molecule has 0 radical (unpaired) electrons. The Hall–Kier alpha value is -2.90. The summed E-state index contributed by atoms with van der Waals surface area (Å²) in [7, 11) is 0. The molecule has 0 saturated carbocycles. The molecule has 1 amide bonds. The maximum absolute atomic E-state index is 13.8. The summed E-state index contributed by atoms with van der Waals surface area (Å²) in [6.07, 6.45) is 1.79. The third-order valence-corrected chi connectivity index (χ3v) is 5.84. The Labute approximate surface area is 204 Å². The van der Waals surface area contributed by atoms with Crippen LogP contribution in [0.15, 0.2) is 54.7 Å². The van der Waals surface area contributed by atoms with Crippen LogP contribution in [0.3, 0.4) is 0 Å².